The van der Waals surface area contributed by atoms with Crippen LogP contribution < -0.4 is 0 Å². The van der Waals surface area contributed by atoms with Gasteiger partial charge in [-0.15, -0.1) is 0 Å². The summed E-state index contributed by atoms with van der Waals surface area (Å²) in [6.07, 6.45) is 3.73. The predicted octanol–water partition coefficient (Wildman–Crippen LogP) is 11.8. The van der Waals surface area contributed by atoms with Gasteiger partial charge in [-0.05, 0) is 74.8 Å². The number of hydrogen-bond donors (Lipinski definition) is 0. The molecular weight excluding hydrogens is 625 g/mol. The van der Waals surface area contributed by atoms with Gasteiger partial charge in [0.1, 0.15) is 11.2 Å². The highest BCUT2D eigenvalue weighted by molar-refractivity contribution is 6.16. The summed E-state index contributed by atoms with van der Waals surface area (Å²) >= 11 is 0. The van der Waals surface area contributed by atoms with E-state index in [1.165, 1.54) is 10.8 Å². The first-order chi connectivity index (χ1) is 25.2. The summed E-state index contributed by atoms with van der Waals surface area (Å²) in [7, 11) is 0. The number of fused-ring (bicyclic) bond motifs is 5. The molecule has 0 saturated heterocycles. The lowest BCUT2D eigenvalue weighted by Gasteiger charge is -2.11. The number of nitrogens with zero attached hydrogens (tertiary/aromatic N) is 4. The Morgan fingerprint density at radius 1 is 0.373 bits per heavy atom. The van der Waals surface area contributed by atoms with Gasteiger partial charge >= 0.3 is 0 Å². The van der Waals surface area contributed by atoms with Crippen molar-refractivity contribution in [3.63, 3.8) is 0 Å². The Bertz CT molecular complexity index is 2840. The summed E-state index contributed by atoms with van der Waals surface area (Å²) in [6.45, 7) is 0. The average Bonchev–Trinajstić information content (AvgIpc) is 3.57. The summed E-state index contributed by atoms with van der Waals surface area (Å²) in [5, 5.41) is 6.72. The van der Waals surface area contributed by atoms with Crippen LogP contribution in [-0.4, -0.2) is 19.9 Å². The lowest BCUT2D eigenvalue weighted by molar-refractivity contribution is 0.669. The number of benzene rings is 7. The molecule has 3 aromatic heterocycles. The van der Waals surface area contributed by atoms with Crippen LogP contribution in [0, 0.1) is 0 Å². The van der Waals surface area contributed by atoms with Crippen molar-refractivity contribution >= 4 is 43.5 Å². The van der Waals surface area contributed by atoms with E-state index in [1.54, 1.807) is 0 Å². The van der Waals surface area contributed by atoms with Crippen LogP contribution >= 0.6 is 0 Å². The molecule has 0 aliphatic heterocycles. The van der Waals surface area contributed by atoms with E-state index < -0.39 is 0 Å². The van der Waals surface area contributed by atoms with Gasteiger partial charge in [-0.25, -0.2) is 15.0 Å². The second-order valence-electron chi connectivity index (χ2n) is 12.7. The van der Waals surface area contributed by atoms with Crippen LogP contribution in [0.4, 0.5) is 0 Å². The van der Waals surface area contributed by atoms with Crippen LogP contribution in [-0.2, 0) is 0 Å². The van der Waals surface area contributed by atoms with Gasteiger partial charge in [-0.2, -0.15) is 0 Å². The number of aromatic nitrogens is 4. The first-order valence-corrected chi connectivity index (χ1v) is 16.9. The van der Waals surface area contributed by atoms with E-state index in [-0.39, 0.29) is 0 Å². The third-order valence-corrected chi connectivity index (χ3v) is 9.57. The Morgan fingerprint density at radius 3 is 1.67 bits per heavy atom. The van der Waals surface area contributed by atoms with Crippen LogP contribution in [0.2, 0.25) is 0 Å². The Hall–Kier alpha value is -6.98. The Labute approximate surface area is 293 Å². The third-order valence-electron chi connectivity index (χ3n) is 9.57. The maximum atomic E-state index is 6.63. The van der Waals surface area contributed by atoms with E-state index >= 15 is 0 Å². The van der Waals surface area contributed by atoms with Crippen LogP contribution in [0.3, 0.4) is 0 Å². The van der Waals surface area contributed by atoms with Gasteiger partial charge < -0.3 is 4.42 Å². The lowest BCUT2D eigenvalue weighted by Crippen LogP contribution is -2.00. The van der Waals surface area contributed by atoms with Gasteiger partial charge in [0.2, 0.25) is 0 Å². The van der Waals surface area contributed by atoms with E-state index in [0.717, 1.165) is 71.7 Å². The van der Waals surface area contributed by atoms with Gasteiger partial charge in [0.25, 0.3) is 0 Å². The molecule has 0 radical (unpaired) electrons. The average molecular weight is 653 g/mol. The summed E-state index contributed by atoms with van der Waals surface area (Å²) in [4.78, 5) is 19.1. The van der Waals surface area contributed by atoms with Crippen molar-refractivity contribution < 1.29 is 4.42 Å². The first kappa shape index (κ1) is 29.0. The maximum absolute atomic E-state index is 6.63. The molecule has 5 heteroatoms. The van der Waals surface area contributed by atoms with E-state index in [2.05, 4.69) is 96.0 Å². The Morgan fingerprint density at radius 2 is 0.961 bits per heavy atom. The number of rotatable bonds is 5. The molecule has 0 spiro atoms. The van der Waals surface area contributed by atoms with Gasteiger partial charge in [0.15, 0.2) is 17.5 Å². The quantitative estimate of drug-likeness (QED) is 0.185. The predicted molar refractivity (Wildman–Crippen MR) is 207 cm³/mol. The second kappa shape index (κ2) is 11.9. The molecule has 0 aliphatic carbocycles. The molecule has 0 bridgehead atoms. The van der Waals surface area contributed by atoms with Crippen molar-refractivity contribution in [3.8, 4) is 56.4 Å². The topological polar surface area (TPSA) is 64.7 Å². The van der Waals surface area contributed by atoms with Gasteiger partial charge in [-0.3, -0.25) is 4.98 Å². The zero-order valence-electron chi connectivity index (χ0n) is 27.4. The highest BCUT2D eigenvalue weighted by atomic mass is 16.3. The van der Waals surface area contributed by atoms with E-state index in [0.29, 0.717) is 17.5 Å². The molecule has 0 saturated carbocycles. The van der Waals surface area contributed by atoms with Crippen LogP contribution in [0.1, 0.15) is 0 Å². The zero-order valence-corrected chi connectivity index (χ0v) is 27.4. The maximum Gasteiger partial charge on any atom is 0.164 e. The van der Waals surface area contributed by atoms with Crippen molar-refractivity contribution in [2.75, 3.05) is 0 Å². The SMILES string of the molecule is c1ccc(-c2nc(-c3ccccc3)nc(-c3ccc(-c4cc(-c5ccc6ccccc6c5)cc5oc6cc7ccncc7cc6c45)cc3)n2)cc1. The molecule has 7 aromatic carbocycles. The summed E-state index contributed by atoms with van der Waals surface area (Å²) in [6, 6.07) is 54.5. The smallest absolute Gasteiger partial charge is 0.164 e. The van der Waals surface area contributed by atoms with E-state index in [1.807, 2.05) is 79.1 Å². The van der Waals surface area contributed by atoms with Crippen molar-refractivity contribution in [2.45, 2.75) is 0 Å². The monoisotopic (exact) mass is 652 g/mol. The first-order valence-electron chi connectivity index (χ1n) is 16.9. The number of furan rings is 1. The fraction of sp³-hybridized carbons (Fsp3) is 0. The van der Waals surface area contributed by atoms with Crippen molar-refractivity contribution in [1.82, 2.24) is 19.9 Å². The summed E-state index contributed by atoms with van der Waals surface area (Å²) in [5.41, 5.74) is 8.88. The number of pyridine rings is 1. The fourth-order valence-electron chi connectivity index (χ4n) is 6.99. The van der Waals surface area contributed by atoms with Gasteiger partial charge in [-0.1, -0.05) is 121 Å². The Kier molecular flexibility index (Phi) is 6.74. The van der Waals surface area contributed by atoms with E-state index in [9.17, 15) is 0 Å². The molecule has 0 atom stereocenters. The standard InChI is InChI=1S/C46H28N4O/c1-3-10-31(11-4-1)44-48-45(32-12-5-2-6-13-32)50-46(49-44)33-18-16-30(17-19-33)39-24-37(35-20-15-29-9-7-8-14-34(29)23-35)27-42-43(39)40-25-38-28-47-22-21-36(38)26-41(40)51-42/h1-28H. The molecule has 51 heavy (non-hydrogen) atoms. The minimum atomic E-state index is 0.622. The van der Waals surface area contributed by atoms with E-state index in [4.69, 9.17) is 19.4 Å². The molecule has 3 heterocycles. The number of hydrogen-bond acceptors (Lipinski definition) is 5. The molecule has 10 rings (SSSR count). The van der Waals surface area contributed by atoms with Gasteiger partial charge in [0.05, 0.1) is 0 Å². The Balaban J connectivity index is 1.15. The van der Waals surface area contributed by atoms with Crippen LogP contribution in [0.25, 0.3) is 99.9 Å². The zero-order chi connectivity index (χ0) is 33.7. The molecule has 0 unspecified atom stereocenters. The van der Waals surface area contributed by atoms with Crippen molar-refractivity contribution in [1.29, 1.82) is 0 Å². The summed E-state index contributed by atoms with van der Waals surface area (Å²) in [5.74, 6) is 1.90. The molecule has 238 valence electrons. The third kappa shape index (κ3) is 5.20. The van der Waals surface area contributed by atoms with Crippen molar-refractivity contribution in [2.24, 2.45) is 0 Å². The minimum Gasteiger partial charge on any atom is -0.456 e. The minimum absolute atomic E-state index is 0.622. The largest absolute Gasteiger partial charge is 0.456 e. The summed E-state index contributed by atoms with van der Waals surface area (Å²) < 4.78 is 6.63. The van der Waals surface area contributed by atoms with Gasteiger partial charge in [0, 0.05) is 45.2 Å². The lowest BCUT2D eigenvalue weighted by atomic mass is 9.93. The molecule has 0 fully saturated rings. The molecular formula is C46H28N4O. The molecule has 0 N–H and O–H groups in total. The normalized spacial score (nSPS) is 11.5. The second-order valence-corrected chi connectivity index (χ2v) is 12.7. The van der Waals surface area contributed by atoms with Crippen LogP contribution in [0.15, 0.2) is 175 Å². The highest BCUT2D eigenvalue weighted by Crippen LogP contribution is 2.42. The molecule has 0 amide bonds. The fourth-order valence-corrected chi connectivity index (χ4v) is 6.99. The highest BCUT2D eigenvalue weighted by Gasteiger charge is 2.18. The molecule has 10 aromatic rings. The molecule has 5 nitrogen and oxygen atoms in total. The van der Waals surface area contributed by atoms with Crippen LogP contribution in [0.5, 0.6) is 0 Å². The van der Waals surface area contributed by atoms with Crippen molar-refractivity contribution in [3.05, 3.63) is 170 Å². The molecule has 0 aliphatic rings.